The predicted octanol–water partition coefficient (Wildman–Crippen LogP) is 2.06. The second-order valence-corrected chi connectivity index (χ2v) is 6.58. The largest absolute Gasteiger partial charge is 0.411 e. The predicted molar refractivity (Wildman–Crippen MR) is 92.7 cm³/mol. The van der Waals surface area contributed by atoms with Crippen molar-refractivity contribution in [2.45, 2.75) is 25.2 Å². The first-order valence-electron chi connectivity index (χ1n) is 8.70. The number of alkyl halides is 3. The zero-order valence-corrected chi connectivity index (χ0v) is 15.1. The molecule has 5 nitrogen and oxygen atoms in total. The number of nitrogens with zero attached hydrogens (tertiary/aromatic N) is 2. The lowest BCUT2D eigenvalue weighted by molar-refractivity contribution is -0.185. The minimum atomic E-state index is -4.43. The Hall–Kier alpha value is -1.64. The third-order valence-electron chi connectivity index (χ3n) is 4.44. The molecule has 1 aliphatic rings. The van der Waals surface area contributed by atoms with E-state index in [1.54, 1.807) is 0 Å². The van der Waals surface area contributed by atoms with E-state index < -0.39 is 24.8 Å². The number of halogens is 3. The Kier molecular flexibility index (Phi) is 7.43. The van der Waals surface area contributed by atoms with E-state index in [9.17, 15) is 18.0 Å². The number of hydrogen-bond donors (Lipinski definition) is 1. The van der Waals surface area contributed by atoms with Crippen LogP contribution in [0.5, 0.6) is 0 Å². The maximum atomic E-state index is 12.1. The van der Waals surface area contributed by atoms with Crippen molar-refractivity contribution in [3.05, 3.63) is 35.9 Å². The SMILES string of the molecule is C[C@H](OCC(F)(F)F)C(=O)NCCN1CCN(C)C[C@@H]1c1ccccc1. The fraction of sp³-hybridized carbons (Fsp3) is 0.611. The smallest absolute Gasteiger partial charge is 0.359 e. The van der Waals surface area contributed by atoms with E-state index in [0.29, 0.717) is 13.1 Å². The fourth-order valence-electron chi connectivity index (χ4n) is 2.98. The highest BCUT2D eigenvalue weighted by atomic mass is 19.4. The van der Waals surface area contributed by atoms with E-state index in [-0.39, 0.29) is 6.04 Å². The van der Waals surface area contributed by atoms with Crippen molar-refractivity contribution in [3.63, 3.8) is 0 Å². The normalized spacial score (nSPS) is 20.7. The van der Waals surface area contributed by atoms with Crippen LogP contribution in [0.4, 0.5) is 13.2 Å². The van der Waals surface area contributed by atoms with Crippen LogP contribution in [0, 0.1) is 0 Å². The molecule has 0 spiro atoms. The van der Waals surface area contributed by atoms with E-state index in [4.69, 9.17) is 0 Å². The highest BCUT2D eigenvalue weighted by Gasteiger charge is 2.30. The summed E-state index contributed by atoms with van der Waals surface area (Å²) in [5.74, 6) is -0.528. The summed E-state index contributed by atoms with van der Waals surface area (Å²) in [6, 6.07) is 10.4. The molecule has 2 atom stereocenters. The number of rotatable bonds is 7. The van der Waals surface area contributed by atoms with Crippen molar-refractivity contribution in [1.82, 2.24) is 15.1 Å². The number of nitrogens with one attached hydrogen (secondary N) is 1. The number of likely N-dealkylation sites (N-methyl/N-ethyl adjacent to an activating group) is 1. The maximum Gasteiger partial charge on any atom is 0.411 e. The van der Waals surface area contributed by atoms with Crippen LogP contribution >= 0.6 is 0 Å². The topological polar surface area (TPSA) is 44.8 Å². The van der Waals surface area contributed by atoms with Gasteiger partial charge in [-0.15, -0.1) is 0 Å². The molecule has 1 aromatic rings. The van der Waals surface area contributed by atoms with Crippen LogP contribution in [0.25, 0.3) is 0 Å². The molecular formula is C18H26F3N3O2. The van der Waals surface area contributed by atoms with E-state index in [1.807, 2.05) is 18.2 Å². The summed E-state index contributed by atoms with van der Waals surface area (Å²) < 4.78 is 41.0. The molecule has 0 aromatic heterocycles. The van der Waals surface area contributed by atoms with Gasteiger partial charge in [0.25, 0.3) is 0 Å². The minimum absolute atomic E-state index is 0.228. The van der Waals surface area contributed by atoms with Gasteiger partial charge in [0.15, 0.2) is 0 Å². The molecule has 8 heteroatoms. The van der Waals surface area contributed by atoms with Crippen LogP contribution in [0.3, 0.4) is 0 Å². The molecule has 1 heterocycles. The Labute approximate surface area is 152 Å². The van der Waals surface area contributed by atoms with Crippen molar-refractivity contribution < 1.29 is 22.7 Å². The van der Waals surface area contributed by atoms with Gasteiger partial charge in [-0.1, -0.05) is 30.3 Å². The summed E-state index contributed by atoms with van der Waals surface area (Å²) in [5.41, 5.74) is 1.22. The summed E-state index contributed by atoms with van der Waals surface area (Å²) >= 11 is 0. The van der Waals surface area contributed by atoms with Crippen molar-refractivity contribution in [2.75, 3.05) is 46.4 Å². The van der Waals surface area contributed by atoms with Gasteiger partial charge in [0, 0.05) is 38.8 Å². The third-order valence-corrected chi connectivity index (χ3v) is 4.44. The molecule has 26 heavy (non-hydrogen) atoms. The van der Waals surface area contributed by atoms with Crippen molar-refractivity contribution in [3.8, 4) is 0 Å². The Balaban J connectivity index is 1.82. The summed E-state index contributed by atoms with van der Waals surface area (Å²) in [5, 5.41) is 2.66. The first kappa shape index (κ1) is 20.7. The Morgan fingerprint density at radius 3 is 2.65 bits per heavy atom. The van der Waals surface area contributed by atoms with Crippen molar-refractivity contribution in [1.29, 1.82) is 0 Å². The highest BCUT2D eigenvalue weighted by molar-refractivity contribution is 5.80. The van der Waals surface area contributed by atoms with Crippen LogP contribution in [0.15, 0.2) is 30.3 Å². The van der Waals surface area contributed by atoms with E-state index in [1.165, 1.54) is 12.5 Å². The number of hydrogen-bond acceptors (Lipinski definition) is 4. The second kappa shape index (κ2) is 9.34. The molecule has 0 saturated carbocycles. The molecule has 0 aliphatic carbocycles. The number of carbonyl (C=O) groups is 1. The molecule has 1 saturated heterocycles. The van der Waals surface area contributed by atoms with Gasteiger partial charge in [0.05, 0.1) is 0 Å². The maximum absolute atomic E-state index is 12.1. The molecule has 0 radical (unpaired) electrons. The van der Waals surface area contributed by atoms with Crippen molar-refractivity contribution >= 4 is 5.91 Å². The van der Waals surface area contributed by atoms with Gasteiger partial charge in [0.2, 0.25) is 5.91 Å². The highest BCUT2D eigenvalue weighted by Crippen LogP contribution is 2.24. The van der Waals surface area contributed by atoms with Crippen LogP contribution < -0.4 is 5.32 Å². The summed E-state index contributed by atoms with van der Waals surface area (Å²) in [7, 11) is 2.08. The number of benzene rings is 1. The van der Waals surface area contributed by atoms with Gasteiger partial charge in [0.1, 0.15) is 12.7 Å². The lowest BCUT2D eigenvalue weighted by Gasteiger charge is -2.40. The van der Waals surface area contributed by atoms with Gasteiger partial charge in [-0.3, -0.25) is 9.69 Å². The molecule has 2 rings (SSSR count). The van der Waals surface area contributed by atoms with E-state index >= 15 is 0 Å². The van der Waals surface area contributed by atoms with Gasteiger partial charge in [-0.2, -0.15) is 13.2 Å². The number of piperazine rings is 1. The average Bonchev–Trinajstić information content (AvgIpc) is 2.60. The van der Waals surface area contributed by atoms with Crippen molar-refractivity contribution in [2.24, 2.45) is 0 Å². The molecule has 1 amide bonds. The molecule has 1 aliphatic heterocycles. The number of carbonyl (C=O) groups excluding carboxylic acids is 1. The first-order valence-corrected chi connectivity index (χ1v) is 8.70. The van der Waals surface area contributed by atoms with Gasteiger partial charge >= 0.3 is 6.18 Å². The quantitative estimate of drug-likeness (QED) is 0.795. The summed E-state index contributed by atoms with van der Waals surface area (Å²) in [4.78, 5) is 16.4. The van der Waals surface area contributed by atoms with Gasteiger partial charge in [-0.05, 0) is 19.5 Å². The average molecular weight is 373 g/mol. The zero-order valence-electron chi connectivity index (χ0n) is 15.1. The fourth-order valence-corrected chi connectivity index (χ4v) is 2.98. The molecule has 1 aromatic carbocycles. The monoisotopic (exact) mass is 373 g/mol. The Bertz CT molecular complexity index is 569. The standard InChI is InChI=1S/C18H26F3N3O2/c1-14(26-13-18(19,20)21)17(25)22-8-9-24-11-10-23(2)12-16(24)15-6-4-3-5-7-15/h3-7,14,16H,8-13H2,1-2H3,(H,22,25)/t14-,16+/m0/s1. The summed E-state index contributed by atoms with van der Waals surface area (Å²) in [6.45, 7) is 3.59. The van der Waals surface area contributed by atoms with Crippen LogP contribution in [-0.4, -0.2) is 74.4 Å². The molecule has 1 fully saturated rings. The molecular weight excluding hydrogens is 347 g/mol. The number of ether oxygens (including phenoxy) is 1. The lowest BCUT2D eigenvalue weighted by atomic mass is 10.0. The third kappa shape index (κ3) is 6.59. The van der Waals surface area contributed by atoms with Gasteiger partial charge in [-0.25, -0.2) is 0 Å². The number of amides is 1. The van der Waals surface area contributed by atoms with E-state index in [0.717, 1.165) is 19.6 Å². The lowest BCUT2D eigenvalue weighted by Crippen LogP contribution is -2.49. The van der Waals surface area contributed by atoms with Crippen LogP contribution in [0.2, 0.25) is 0 Å². The second-order valence-electron chi connectivity index (χ2n) is 6.58. The Morgan fingerprint density at radius 1 is 1.31 bits per heavy atom. The first-order chi connectivity index (χ1) is 12.3. The molecule has 0 unspecified atom stereocenters. The Morgan fingerprint density at radius 2 is 2.00 bits per heavy atom. The van der Waals surface area contributed by atoms with E-state index in [2.05, 4.69) is 39.0 Å². The minimum Gasteiger partial charge on any atom is -0.359 e. The molecule has 1 N–H and O–H groups in total. The van der Waals surface area contributed by atoms with Crippen LogP contribution in [0.1, 0.15) is 18.5 Å². The van der Waals surface area contributed by atoms with Crippen LogP contribution in [-0.2, 0) is 9.53 Å². The molecule has 146 valence electrons. The summed E-state index contributed by atoms with van der Waals surface area (Å²) in [6.07, 6.45) is -5.56. The van der Waals surface area contributed by atoms with Gasteiger partial charge < -0.3 is 15.0 Å². The molecule has 0 bridgehead atoms. The zero-order chi connectivity index (χ0) is 19.2.